The molecule has 0 saturated carbocycles. The average molecular weight is 198 g/mol. The van der Waals surface area contributed by atoms with Crippen molar-refractivity contribution in [2.24, 2.45) is 0 Å². The number of nitrogen functional groups attached to an aromatic ring is 1. The number of anilines is 1. The number of rotatable bonds is 1. The molecule has 0 bridgehead atoms. The van der Waals surface area contributed by atoms with Crippen molar-refractivity contribution in [3.8, 4) is 0 Å². The molecule has 0 spiro atoms. The van der Waals surface area contributed by atoms with Crippen LogP contribution in [0.15, 0.2) is 6.20 Å². The number of carbonyl (C=O) groups excluding carboxylic acids is 1. The lowest BCUT2D eigenvalue weighted by Gasteiger charge is -2.06. The molecule has 1 amide bonds. The van der Waals surface area contributed by atoms with E-state index in [1.54, 1.807) is 6.20 Å². The number of nitrogens with zero attached hydrogens (tertiary/aromatic N) is 1. The van der Waals surface area contributed by atoms with Crippen LogP contribution >= 0.6 is 11.3 Å². The number of carbonyl (C=O) groups is 1. The summed E-state index contributed by atoms with van der Waals surface area (Å²) in [5, 5.41) is 6.40. The van der Waals surface area contributed by atoms with E-state index in [0.29, 0.717) is 5.13 Å². The monoisotopic (exact) mass is 198 g/mol. The Hall–Kier alpha value is -1.14. The van der Waals surface area contributed by atoms with Crippen LogP contribution in [0, 0.1) is 0 Å². The van der Waals surface area contributed by atoms with Gasteiger partial charge in [-0.05, 0) is 6.92 Å². The summed E-state index contributed by atoms with van der Waals surface area (Å²) in [5.74, 6) is 0.0111. The number of hydrogen-bond donors (Lipinski definition) is 3. The maximum Gasteiger partial charge on any atom is 0.238 e. The highest BCUT2D eigenvalue weighted by molar-refractivity contribution is 7.15. The lowest BCUT2D eigenvalue weighted by Crippen LogP contribution is -2.24. The van der Waals surface area contributed by atoms with Crippen molar-refractivity contribution < 1.29 is 4.79 Å². The van der Waals surface area contributed by atoms with E-state index in [-0.39, 0.29) is 18.1 Å². The fourth-order valence-corrected chi connectivity index (χ4v) is 1.92. The summed E-state index contributed by atoms with van der Waals surface area (Å²) in [6.07, 6.45) is 1.55. The molecule has 0 radical (unpaired) electrons. The van der Waals surface area contributed by atoms with E-state index in [1.807, 2.05) is 6.92 Å². The molecule has 70 valence electrons. The first-order valence-electron chi connectivity index (χ1n) is 3.94. The molecule has 2 rings (SSSR count). The number of hydrogen-bond acceptors (Lipinski definition) is 5. The molecule has 4 N–H and O–H groups in total. The molecule has 1 aromatic heterocycles. The second-order valence-corrected chi connectivity index (χ2v) is 4.02. The molecule has 0 aliphatic carbocycles. The number of aromatic nitrogens is 1. The van der Waals surface area contributed by atoms with Crippen LogP contribution in [0.1, 0.15) is 18.0 Å². The van der Waals surface area contributed by atoms with Gasteiger partial charge in [-0.1, -0.05) is 11.3 Å². The van der Waals surface area contributed by atoms with Crippen LogP contribution in [-0.2, 0) is 4.79 Å². The van der Waals surface area contributed by atoms with Crippen molar-refractivity contribution in [3.05, 3.63) is 11.1 Å². The largest absolute Gasteiger partial charge is 0.375 e. The Balaban J connectivity index is 2.16. The lowest BCUT2D eigenvalue weighted by atomic mass is 10.3. The predicted octanol–water partition coefficient (Wildman–Crippen LogP) is -0.168. The lowest BCUT2D eigenvalue weighted by molar-refractivity contribution is -0.120. The van der Waals surface area contributed by atoms with Gasteiger partial charge in [0.1, 0.15) is 6.17 Å². The minimum absolute atomic E-state index is 0.0111. The van der Waals surface area contributed by atoms with Crippen LogP contribution in [0.4, 0.5) is 5.13 Å². The maximum atomic E-state index is 11.1. The van der Waals surface area contributed by atoms with Gasteiger partial charge in [0.05, 0.1) is 10.9 Å². The zero-order chi connectivity index (χ0) is 9.42. The first-order valence-corrected chi connectivity index (χ1v) is 4.76. The molecule has 1 aliphatic rings. The highest BCUT2D eigenvalue weighted by Gasteiger charge is 2.29. The molecular formula is C7H10N4OS. The zero-order valence-corrected chi connectivity index (χ0v) is 7.89. The van der Waals surface area contributed by atoms with E-state index in [0.717, 1.165) is 4.88 Å². The molecule has 1 aromatic rings. The number of amides is 1. The van der Waals surface area contributed by atoms with Gasteiger partial charge >= 0.3 is 0 Å². The van der Waals surface area contributed by atoms with Gasteiger partial charge in [0.2, 0.25) is 5.91 Å². The maximum absolute atomic E-state index is 11.1. The zero-order valence-electron chi connectivity index (χ0n) is 7.07. The van der Waals surface area contributed by atoms with E-state index in [1.165, 1.54) is 11.3 Å². The van der Waals surface area contributed by atoms with Crippen LogP contribution in [-0.4, -0.2) is 16.9 Å². The van der Waals surface area contributed by atoms with Crippen molar-refractivity contribution in [2.45, 2.75) is 19.1 Å². The fraction of sp³-hybridized carbons (Fsp3) is 0.429. The smallest absolute Gasteiger partial charge is 0.238 e. The van der Waals surface area contributed by atoms with Gasteiger partial charge < -0.3 is 11.1 Å². The molecule has 1 fully saturated rings. The van der Waals surface area contributed by atoms with Crippen LogP contribution in [0.25, 0.3) is 0 Å². The first-order chi connectivity index (χ1) is 6.16. The Morgan fingerprint density at radius 2 is 2.46 bits per heavy atom. The first kappa shape index (κ1) is 8.46. The van der Waals surface area contributed by atoms with Crippen LogP contribution in [0.2, 0.25) is 0 Å². The Morgan fingerprint density at radius 1 is 1.69 bits per heavy atom. The topological polar surface area (TPSA) is 80.0 Å². The fourth-order valence-electron chi connectivity index (χ4n) is 1.22. The van der Waals surface area contributed by atoms with Gasteiger partial charge in [0.15, 0.2) is 5.13 Å². The standard InChI is InChI=1S/C7H10N4OS/c1-3-6(12)11-5(10-3)4-2-9-7(8)13-4/h2-3,5,10H,1H3,(H2,8,9)(H,11,12). The highest BCUT2D eigenvalue weighted by Crippen LogP contribution is 2.23. The summed E-state index contributed by atoms with van der Waals surface area (Å²) in [4.78, 5) is 16.0. The van der Waals surface area contributed by atoms with Crippen LogP contribution in [0.3, 0.4) is 0 Å². The Morgan fingerprint density at radius 3 is 2.92 bits per heavy atom. The van der Waals surface area contributed by atoms with E-state index >= 15 is 0 Å². The minimum Gasteiger partial charge on any atom is -0.375 e. The van der Waals surface area contributed by atoms with Crippen LogP contribution in [0.5, 0.6) is 0 Å². The summed E-state index contributed by atoms with van der Waals surface area (Å²) < 4.78 is 0. The molecule has 6 heteroatoms. The van der Waals surface area contributed by atoms with Gasteiger partial charge in [-0.2, -0.15) is 0 Å². The normalized spacial score (nSPS) is 27.6. The highest BCUT2D eigenvalue weighted by atomic mass is 32.1. The molecule has 5 nitrogen and oxygen atoms in total. The van der Waals surface area contributed by atoms with Gasteiger partial charge in [-0.15, -0.1) is 0 Å². The number of nitrogens with one attached hydrogen (secondary N) is 2. The van der Waals surface area contributed by atoms with Crippen LogP contribution < -0.4 is 16.4 Å². The molecular weight excluding hydrogens is 188 g/mol. The summed E-state index contributed by atoms with van der Waals surface area (Å²) in [6, 6.07) is -0.145. The summed E-state index contributed by atoms with van der Waals surface area (Å²) >= 11 is 1.38. The van der Waals surface area contributed by atoms with E-state index in [2.05, 4.69) is 15.6 Å². The van der Waals surface area contributed by atoms with Gasteiger partial charge in [-0.3, -0.25) is 10.1 Å². The molecule has 1 aliphatic heterocycles. The third-order valence-electron chi connectivity index (χ3n) is 1.92. The second-order valence-electron chi connectivity index (χ2n) is 2.93. The molecule has 0 aromatic carbocycles. The predicted molar refractivity (Wildman–Crippen MR) is 50.0 cm³/mol. The summed E-state index contributed by atoms with van der Waals surface area (Å²) in [5.41, 5.74) is 5.48. The van der Waals surface area contributed by atoms with Crippen molar-refractivity contribution in [1.29, 1.82) is 0 Å². The number of nitrogens with two attached hydrogens (primary N) is 1. The third-order valence-corrected chi connectivity index (χ3v) is 2.81. The van der Waals surface area contributed by atoms with Gasteiger partial charge in [0.25, 0.3) is 0 Å². The minimum atomic E-state index is -0.145. The van der Waals surface area contributed by atoms with E-state index in [4.69, 9.17) is 5.73 Å². The van der Waals surface area contributed by atoms with Crippen molar-refractivity contribution in [2.75, 3.05) is 5.73 Å². The molecule has 2 atom stereocenters. The molecule has 2 heterocycles. The average Bonchev–Trinajstić information content (AvgIpc) is 2.61. The van der Waals surface area contributed by atoms with Crippen molar-refractivity contribution >= 4 is 22.4 Å². The van der Waals surface area contributed by atoms with E-state index < -0.39 is 0 Å². The Kier molecular flexibility index (Phi) is 1.93. The summed E-state index contributed by atoms with van der Waals surface area (Å²) in [7, 11) is 0. The number of thiazole rings is 1. The quantitative estimate of drug-likeness (QED) is 0.585. The molecule has 13 heavy (non-hydrogen) atoms. The van der Waals surface area contributed by atoms with Gasteiger partial charge in [0, 0.05) is 6.20 Å². The second kappa shape index (κ2) is 2.97. The SMILES string of the molecule is CC1NC(c2cnc(N)s2)NC1=O. The van der Waals surface area contributed by atoms with E-state index in [9.17, 15) is 4.79 Å². The summed E-state index contributed by atoms with van der Waals surface area (Å²) in [6.45, 7) is 1.82. The molecule has 2 unspecified atom stereocenters. The van der Waals surface area contributed by atoms with Gasteiger partial charge in [-0.25, -0.2) is 4.98 Å². The van der Waals surface area contributed by atoms with Crippen molar-refractivity contribution in [3.63, 3.8) is 0 Å². The molecule has 1 saturated heterocycles. The van der Waals surface area contributed by atoms with Crippen molar-refractivity contribution in [1.82, 2.24) is 15.6 Å². The third kappa shape index (κ3) is 1.50. The Labute approximate surface area is 79.3 Å². The Bertz CT molecular complexity index is 337.